The monoisotopic (exact) mass is 307 g/mol. The molecule has 1 nitrogen and oxygen atoms in total. The molecule has 112 valence electrons. The Bertz CT molecular complexity index is 564. The van der Waals surface area contributed by atoms with E-state index in [1.54, 1.807) is 11.8 Å². The third-order valence-electron chi connectivity index (χ3n) is 3.27. The van der Waals surface area contributed by atoms with Crippen LogP contribution in [0.3, 0.4) is 0 Å². The Hall–Kier alpha value is -1.39. The standard InChI is InChI=1S/C17H19F2NS/c1-3-8-20-17(12-4-6-16(21-2)7-5-12)13-9-14(18)11-15(19)10-13/h4-7,9-11,17,20H,3,8H2,1-2H3. The van der Waals surface area contributed by atoms with Crippen LogP contribution in [0.2, 0.25) is 0 Å². The molecule has 0 aliphatic carbocycles. The average molecular weight is 307 g/mol. The summed E-state index contributed by atoms with van der Waals surface area (Å²) < 4.78 is 26.9. The highest BCUT2D eigenvalue weighted by Crippen LogP contribution is 2.25. The van der Waals surface area contributed by atoms with E-state index in [1.165, 1.54) is 17.0 Å². The number of hydrogen-bond acceptors (Lipinski definition) is 2. The summed E-state index contributed by atoms with van der Waals surface area (Å²) in [6, 6.07) is 11.5. The van der Waals surface area contributed by atoms with Gasteiger partial charge in [-0.05, 0) is 54.6 Å². The Morgan fingerprint density at radius 1 is 1.00 bits per heavy atom. The van der Waals surface area contributed by atoms with Crippen molar-refractivity contribution in [3.63, 3.8) is 0 Å². The van der Waals surface area contributed by atoms with Crippen LogP contribution in [0.25, 0.3) is 0 Å². The lowest BCUT2D eigenvalue weighted by Crippen LogP contribution is -2.23. The molecule has 1 N–H and O–H groups in total. The first-order valence-electron chi connectivity index (χ1n) is 6.97. The minimum absolute atomic E-state index is 0.203. The molecule has 0 aliphatic rings. The van der Waals surface area contributed by atoms with Gasteiger partial charge in [0.2, 0.25) is 0 Å². The van der Waals surface area contributed by atoms with Crippen LogP contribution >= 0.6 is 11.8 Å². The molecular formula is C17H19F2NS. The Morgan fingerprint density at radius 2 is 1.62 bits per heavy atom. The second-order valence-corrected chi connectivity index (χ2v) is 5.74. The predicted octanol–water partition coefficient (Wildman–Crippen LogP) is 4.78. The highest BCUT2D eigenvalue weighted by molar-refractivity contribution is 7.98. The van der Waals surface area contributed by atoms with Crippen molar-refractivity contribution >= 4 is 11.8 Å². The Balaban J connectivity index is 2.36. The van der Waals surface area contributed by atoms with Crippen molar-refractivity contribution in [2.75, 3.05) is 12.8 Å². The highest BCUT2D eigenvalue weighted by Gasteiger charge is 2.15. The van der Waals surface area contributed by atoms with Gasteiger partial charge >= 0.3 is 0 Å². The van der Waals surface area contributed by atoms with Gasteiger partial charge in [-0.3, -0.25) is 0 Å². The van der Waals surface area contributed by atoms with Crippen LogP contribution in [0.1, 0.15) is 30.5 Å². The molecule has 2 aromatic carbocycles. The normalized spacial score (nSPS) is 12.4. The van der Waals surface area contributed by atoms with Gasteiger partial charge in [0.1, 0.15) is 11.6 Å². The molecule has 0 radical (unpaired) electrons. The van der Waals surface area contributed by atoms with Gasteiger partial charge in [0.25, 0.3) is 0 Å². The highest BCUT2D eigenvalue weighted by atomic mass is 32.2. The Labute approximate surface area is 128 Å². The molecule has 0 saturated heterocycles. The van der Waals surface area contributed by atoms with Crippen LogP contribution in [0.15, 0.2) is 47.4 Å². The largest absolute Gasteiger partial charge is 0.306 e. The SMILES string of the molecule is CCCNC(c1ccc(SC)cc1)c1cc(F)cc(F)c1. The average Bonchev–Trinajstić information content (AvgIpc) is 2.47. The molecule has 1 unspecified atom stereocenters. The predicted molar refractivity (Wildman–Crippen MR) is 84.7 cm³/mol. The smallest absolute Gasteiger partial charge is 0.126 e. The number of rotatable bonds is 6. The van der Waals surface area contributed by atoms with E-state index in [0.29, 0.717) is 5.56 Å². The lowest BCUT2D eigenvalue weighted by molar-refractivity contribution is 0.558. The lowest BCUT2D eigenvalue weighted by atomic mass is 9.98. The van der Waals surface area contributed by atoms with Gasteiger partial charge in [-0.1, -0.05) is 19.1 Å². The van der Waals surface area contributed by atoms with Crippen molar-refractivity contribution in [1.82, 2.24) is 5.32 Å². The van der Waals surface area contributed by atoms with Crippen LogP contribution in [0.5, 0.6) is 0 Å². The molecule has 0 fully saturated rings. The van der Waals surface area contributed by atoms with E-state index in [-0.39, 0.29) is 6.04 Å². The molecule has 0 amide bonds. The summed E-state index contributed by atoms with van der Waals surface area (Å²) in [5, 5.41) is 3.35. The molecule has 0 heterocycles. The fourth-order valence-corrected chi connectivity index (χ4v) is 2.66. The third-order valence-corrected chi connectivity index (χ3v) is 4.01. The zero-order valence-electron chi connectivity index (χ0n) is 12.2. The van der Waals surface area contributed by atoms with Crippen molar-refractivity contribution < 1.29 is 8.78 Å². The van der Waals surface area contributed by atoms with Crippen molar-refractivity contribution in [1.29, 1.82) is 0 Å². The van der Waals surface area contributed by atoms with E-state index >= 15 is 0 Å². The van der Waals surface area contributed by atoms with Crippen LogP contribution < -0.4 is 5.32 Å². The first-order chi connectivity index (χ1) is 10.1. The molecule has 0 spiro atoms. The molecule has 2 aromatic rings. The first kappa shape index (κ1) is 16.0. The van der Waals surface area contributed by atoms with Gasteiger partial charge in [-0.2, -0.15) is 0 Å². The summed E-state index contributed by atoms with van der Waals surface area (Å²) in [7, 11) is 0. The Kier molecular flexibility index (Phi) is 5.76. The fraction of sp³-hybridized carbons (Fsp3) is 0.294. The van der Waals surface area contributed by atoms with Gasteiger partial charge < -0.3 is 5.32 Å². The molecule has 0 aliphatic heterocycles. The second kappa shape index (κ2) is 7.57. The minimum atomic E-state index is -0.547. The number of thioether (sulfide) groups is 1. The van der Waals surface area contributed by atoms with E-state index in [1.807, 2.05) is 30.5 Å². The lowest BCUT2D eigenvalue weighted by Gasteiger charge is -2.20. The maximum absolute atomic E-state index is 13.5. The van der Waals surface area contributed by atoms with Gasteiger partial charge in [0, 0.05) is 11.0 Å². The van der Waals surface area contributed by atoms with Crippen LogP contribution in [0, 0.1) is 11.6 Å². The summed E-state index contributed by atoms with van der Waals surface area (Å²) >= 11 is 1.67. The summed E-state index contributed by atoms with van der Waals surface area (Å²) in [6.07, 6.45) is 2.97. The topological polar surface area (TPSA) is 12.0 Å². The van der Waals surface area contributed by atoms with Gasteiger partial charge in [-0.25, -0.2) is 8.78 Å². The van der Waals surface area contributed by atoms with Crippen molar-refractivity contribution in [3.8, 4) is 0 Å². The van der Waals surface area contributed by atoms with Gasteiger partial charge in [0.05, 0.1) is 6.04 Å². The van der Waals surface area contributed by atoms with Crippen LogP contribution in [-0.4, -0.2) is 12.8 Å². The van der Waals surface area contributed by atoms with E-state index < -0.39 is 11.6 Å². The molecular weight excluding hydrogens is 288 g/mol. The number of hydrogen-bond donors (Lipinski definition) is 1. The quantitative estimate of drug-likeness (QED) is 0.771. The van der Waals surface area contributed by atoms with E-state index in [9.17, 15) is 8.78 Å². The fourth-order valence-electron chi connectivity index (χ4n) is 2.26. The van der Waals surface area contributed by atoms with E-state index in [2.05, 4.69) is 12.2 Å². The molecule has 1 atom stereocenters. The summed E-state index contributed by atoms with van der Waals surface area (Å²) in [5.41, 5.74) is 1.61. The first-order valence-corrected chi connectivity index (χ1v) is 8.20. The summed E-state index contributed by atoms with van der Waals surface area (Å²) in [4.78, 5) is 1.17. The van der Waals surface area contributed by atoms with Crippen molar-refractivity contribution in [2.45, 2.75) is 24.3 Å². The number of halogens is 2. The molecule has 4 heteroatoms. The number of benzene rings is 2. The summed E-state index contributed by atoms with van der Waals surface area (Å²) in [6.45, 7) is 2.85. The molecule has 0 saturated carbocycles. The van der Waals surface area contributed by atoms with E-state index in [0.717, 1.165) is 24.6 Å². The minimum Gasteiger partial charge on any atom is -0.306 e. The maximum atomic E-state index is 13.5. The third kappa shape index (κ3) is 4.29. The van der Waals surface area contributed by atoms with Crippen molar-refractivity contribution in [3.05, 3.63) is 65.2 Å². The molecule has 0 aromatic heterocycles. The number of nitrogens with one attached hydrogen (secondary N) is 1. The molecule has 21 heavy (non-hydrogen) atoms. The van der Waals surface area contributed by atoms with Gasteiger partial charge in [0.15, 0.2) is 0 Å². The van der Waals surface area contributed by atoms with Crippen LogP contribution in [0.4, 0.5) is 8.78 Å². The Morgan fingerprint density at radius 3 is 2.14 bits per heavy atom. The zero-order valence-corrected chi connectivity index (χ0v) is 13.0. The zero-order chi connectivity index (χ0) is 15.2. The van der Waals surface area contributed by atoms with Gasteiger partial charge in [-0.15, -0.1) is 11.8 Å². The van der Waals surface area contributed by atoms with Crippen molar-refractivity contribution in [2.24, 2.45) is 0 Å². The maximum Gasteiger partial charge on any atom is 0.126 e. The second-order valence-electron chi connectivity index (χ2n) is 4.86. The van der Waals surface area contributed by atoms with E-state index in [4.69, 9.17) is 0 Å². The molecule has 2 rings (SSSR count). The summed E-state index contributed by atoms with van der Waals surface area (Å²) in [5.74, 6) is -1.09. The van der Waals surface area contributed by atoms with Crippen LogP contribution in [-0.2, 0) is 0 Å². The molecule has 0 bridgehead atoms.